The standard InChI is InChI=1S/C15H30N2O2/c1-4-7-14(8-10-16-11-9-14)13(19)17-15(5-2,6-3)12-18/h16,18H,4-12H2,1-3H3,(H,17,19). The van der Waals surface area contributed by atoms with Crippen molar-refractivity contribution < 1.29 is 9.90 Å². The molecule has 0 aromatic carbocycles. The molecule has 1 fully saturated rings. The fourth-order valence-corrected chi connectivity index (χ4v) is 3.04. The predicted octanol–water partition coefficient (Wildman–Crippen LogP) is 1.82. The van der Waals surface area contributed by atoms with E-state index in [2.05, 4.69) is 17.6 Å². The van der Waals surface area contributed by atoms with Crippen molar-refractivity contribution in [2.45, 2.75) is 64.8 Å². The summed E-state index contributed by atoms with van der Waals surface area (Å²) in [6.07, 6.45) is 5.31. The van der Waals surface area contributed by atoms with E-state index in [0.717, 1.165) is 51.6 Å². The molecule has 1 heterocycles. The first kappa shape index (κ1) is 16.4. The Bertz CT molecular complexity index is 268. The second-order valence-corrected chi connectivity index (χ2v) is 5.88. The largest absolute Gasteiger partial charge is 0.394 e. The summed E-state index contributed by atoms with van der Waals surface area (Å²) in [6.45, 7) is 8.03. The lowest BCUT2D eigenvalue weighted by Gasteiger charge is -2.40. The summed E-state index contributed by atoms with van der Waals surface area (Å²) in [5, 5.41) is 16.1. The summed E-state index contributed by atoms with van der Waals surface area (Å²) in [6, 6.07) is 0. The fourth-order valence-electron chi connectivity index (χ4n) is 3.04. The van der Waals surface area contributed by atoms with Crippen molar-refractivity contribution in [3.05, 3.63) is 0 Å². The average molecular weight is 270 g/mol. The average Bonchev–Trinajstić information content (AvgIpc) is 2.46. The molecule has 0 unspecified atom stereocenters. The van der Waals surface area contributed by atoms with Crippen molar-refractivity contribution in [3.8, 4) is 0 Å². The number of hydrogen-bond acceptors (Lipinski definition) is 3. The normalized spacial score (nSPS) is 19.2. The molecule has 0 aromatic rings. The second-order valence-electron chi connectivity index (χ2n) is 5.88. The third-order valence-electron chi connectivity index (χ3n) is 4.81. The van der Waals surface area contributed by atoms with E-state index in [1.807, 2.05) is 13.8 Å². The van der Waals surface area contributed by atoms with Gasteiger partial charge in [-0.15, -0.1) is 0 Å². The third-order valence-corrected chi connectivity index (χ3v) is 4.81. The first-order chi connectivity index (χ1) is 9.08. The Hall–Kier alpha value is -0.610. The number of carbonyl (C=O) groups is 1. The summed E-state index contributed by atoms with van der Waals surface area (Å²) in [7, 11) is 0. The molecule has 1 amide bonds. The Morgan fingerprint density at radius 1 is 1.26 bits per heavy atom. The molecule has 0 bridgehead atoms. The van der Waals surface area contributed by atoms with Gasteiger partial charge in [0.05, 0.1) is 17.6 Å². The van der Waals surface area contributed by atoms with Crippen LogP contribution in [0, 0.1) is 5.41 Å². The number of carbonyl (C=O) groups excluding carboxylic acids is 1. The van der Waals surface area contributed by atoms with Crippen LogP contribution < -0.4 is 10.6 Å². The van der Waals surface area contributed by atoms with Crippen molar-refractivity contribution in [2.75, 3.05) is 19.7 Å². The minimum atomic E-state index is -0.442. The van der Waals surface area contributed by atoms with Gasteiger partial charge in [-0.1, -0.05) is 27.2 Å². The van der Waals surface area contributed by atoms with Gasteiger partial charge in [0.1, 0.15) is 0 Å². The number of aliphatic hydroxyl groups is 1. The van der Waals surface area contributed by atoms with E-state index >= 15 is 0 Å². The maximum absolute atomic E-state index is 12.8. The number of aliphatic hydroxyl groups excluding tert-OH is 1. The maximum Gasteiger partial charge on any atom is 0.226 e. The lowest BCUT2D eigenvalue weighted by molar-refractivity contribution is -0.136. The number of piperidine rings is 1. The van der Waals surface area contributed by atoms with Gasteiger partial charge in [-0.25, -0.2) is 0 Å². The highest BCUT2D eigenvalue weighted by Crippen LogP contribution is 2.35. The summed E-state index contributed by atoms with van der Waals surface area (Å²) in [5.74, 6) is 0.147. The predicted molar refractivity (Wildman–Crippen MR) is 78.0 cm³/mol. The van der Waals surface area contributed by atoms with Crippen LogP contribution in [0.4, 0.5) is 0 Å². The molecule has 0 aliphatic carbocycles. The van der Waals surface area contributed by atoms with Gasteiger partial charge in [-0.05, 0) is 45.2 Å². The van der Waals surface area contributed by atoms with Gasteiger partial charge < -0.3 is 15.7 Å². The van der Waals surface area contributed by atoms with Crippen LogP contribution in [0.1, 0.15) is 59.3 Å². The monoisotopic (exact) mass is 270 g/mol. The minimum absolute atomic E-state index is 0.0200. The zero-order chi connectivity index (χ0) is 14.4. The molecule has 1 aliphatic heterocycles. The van der Waals surface area contributed by atoms with Crippen molar-refractivity contribution in [1.29, 1.82) is 0 Å². The van der Waals surface area contributed by atoms with Crippen LogP contribution in [-0.4, -0.2) is 36.2 Å². The highest BCUT2D eigenvalue weighted by Gasteiger charge is 2.41. The molecular formula is C15H30N2O2. The Balaban J connectivity index is 2.82. The number of hydrogen-bond donors (Lipinski definition) is 3. The quantitative estimate of drug-likeness (QED) is 0.661. The molecule has 19 heavy (non-hydrogen) atoms. The van der Waals surface area contributed by atoms with Crippen LogP contribution in [0.25, 0.3) is 0 Å². The van der Waals surface area contributed by atoms with Gasteiger partial charge >= 0.3 is 0 Å². The van der Waals surface area contributed by atoms with E-state index < -0.39 is 5.54 Å². The topological polar surface area (TPSA) is 61.4 Å². The molecule has 112 valence electrons. The van der Waals surface area contributed by atoms with Crippen molar-refractivity contribution in [3.63, 3.8) is 0 Å². The Morgan fingerprint density at radius 3 is 2.26 bits per heavy atom. The highest BCUT2D eigenvalue weighted by molar-refractivity contribution is 5.83. The smallest absolute Gasteiger partial charge is 0.226 e. The zero-order valence-corrected chi connectivity index (χ0v) is 12.7. The van der Waals surface area contributed by atoms with Crippen LogP contribution >= 0.6 is 0 Å². The van der Waals surface area contributed by atoms with E-state index in [1.165, 1.54) is 0 Å². The van der Waals surface area contributed by atoms with Gasteiger partial charge in [-0.3, -0.25) is 4.79 Å². The molecule has 0 aromatic heterocycles. The molecule has 0 spiro atoms. The Kier molecular flexibility index (Phi) is 6.27. The molecule has 4 heteroatoms. The van der Waals surface area contributed by atoms with E-state index in [1.54, 1.807) is 0 Å². The third kappa shape index (κ3) is 3.69. The molecular weight excluding hydrogens is 240 g/mol. The van der Waals surface area contributed by atoms with E-state index in [0.29, 0.717) is 0 Å². The van der Waals surface area contributed by atoms with Crippen LogP contribution in [0.3, 0.4) is 0 Å². The lowest BCUT2D eigenvalue weighted by atomic mass is 9.74. The van der Waals surface area contributed by atoms with Gasteiger partial charge in [0.25, 0.3) is 0 Å². The van der Waals surface area contributed by atoms with Gasteiger partial charge in [0.15, 0.2) is 0 Å². The molecule has 3 N–H and O–H groups in total. The van der Waals surface area contributed by atoms with Crippen LogP contribution in [0.5, 0.6) is 0 Å². The van der Waals surface area contributed by atoms with Gasteiger partial charge in [0, 0.05) is 0 Å². The summed E-state index contributed by atoms with van der Waals surface area (Å²) < 4.78 is 0. The first-order valence-electron chi connectivity index (χ1n) is 7.72. The molecule has 1 saturated heterocycles. The molecule has 0 atom stereocenters. The summed E-state index contributed by atoms with van der Waals surface area (Å²) in [4.78, 5) is 12.8. The lowest BCUT2D eigenvalue weighted by Crippen LogP contribution is -2.57. The van der Waals surface area contributed by atoms with E-state index in [-0.39, 0.29) is 17.9 Å². The van der Waals surface area contributed by atoms with Crippen molar-refractivity contribution in [1.82, 2.24) is 10.6 Å². The highest BCUT2D eigenvalue weighted by atomic mass is 16.3. The maximum atomic E-state index is 12.8. The van der Waals surface area contributed by atoms with Gasteiger partial charge in [-0.2, -0.15) is 0 Å². The van der Waals surface area contributed by atoms with Gasteiger partial charge in [0.2, 0.25) is 5.91 Å². The van der Waals surface area contributed by atoms with Crippen molar-refractivity contribution >= 4 is 5.91 Å². The first-order valence-corrected chi connectivity index (χ1v) is 7.72. The van der Waals surface area contributed by atoms with E-state index in [9.17, 15) is 9.90 Å². The molecule has 1 aliphatic rings. The fraction of sp³-hybridized carbons (Fsp3) is 0.933. The Labute approximate surface area is 117 Å². The van der Waals surface area contributed by atoms with Crippen LogP contribution in [0.2, 0.25) is 0 Å². The summed E-state index contributed by atoms with van der Waals surface area (Å²) >= 11 is 0. The van der Waals surface area contributed by atoms with Crippen LogP contribution in [-0.2, 0) is 4.79 Å². The molecule has 4 nitrogen and oxygen atoms in total. The molecule has 0 radical (unpaired) electrons. The van der Waals surface area contributed by atoms with Crippen molar-refractivity contribution in [2.24, 2.45) is 5.41 Å². The second kappa shape index (κ2) is 7.25. The van der Waals surface area contributed by atoms with Crippen LogP contribution in [0.15, 0.2) is 0 Å². The Morgan fingerprint density at radius 2 is 1.84 bits per heavy atom. The molecule has 1 rings (SSSR count). The van der Waals surface area contributed by atoms with E-state index in [4.69, 9.17) is 0 Å². The number of nitrogens with one attached hydrogen (secondary N) is 2. The molecule has 0 saturated carbocycles. The summed E-state index contributed by atoms with van der Waals surface area (Å²) in [5.41, 5.74) is -0.673. The number of amides is 1. The minimum Gasteiger partial charge on any atom is -0.394 e. The zero-order valence-electron chi connectivity index (χ0n) is 12.7. The number of rotatable bonds is 7. The SMILES string of the molecule is CCCC1(C(=O)NC(CC)(CC)CO)CCNCC1.